The number of aliphatic hydroxyl groups is 1. The lowest BCUT2D eigenvalue weighted by atomic mass is 9.94. The topological polar surface area (TPSA) is 46.2 Å². The van der Waals surface area contributed by atoms with Crippen molar-refractivity contribution in [1.29, 1.82) is 0 Å². The summed E-state index contributed by atoms with van der Waals surface area (Å²) in [6.07, 6.45) is 0. The number of aliphatic hydroxyl groups excluding tert-OH is 1. The maximum atomic E-state index is 12.9. The van der Waals surface area contributed by atoms with Gasteiger partial charge in [-0.3, -0.25) is 0 Å². The minimum absolute atomic E-state index is 0.257. The van der Waals surface area contributed by atoms with E-state index in [-0.39, 0.29) is 11.6 Å². The molecule has 3 N–H and O–H groups in total. The number of benzene rings is 1. The number of hydrogen-bond acceptors (Lipinski definition) is 2. The maximum Gasteiger partial charge on any atom is 0.125 e. The molecule has 0 aliphatic carbocycles. The van der Waals surface area contributed by atoms with Crippen molar-refractivity contribution in [2.45, 2.75) is 12.5 Å². The van der Waals surface area contributed by atoms with Crippen molar-refractivity contribution in [1.82, 2.24) is 0 Å². The number of rotatable bonds is 2. The van der Waals surface area contributed by atoms with E-state index in [0.717, 1.165) is 0 Å². The summed E-state index contributed by atoms with van der Waals surface area (Å²) in [4.78, 5) is 0. The highest BCUT2D eigenvalue weighted by Gasteiger charge is 2.20. The lowest BCUT2D eigenvalue weighted by molar-refractivity contribution is 0.210. The van der Waals surface area contributed by atoms with Crippen LogP contribution in [0.1, 0.15) is 12.5 Å². The van der Waals surface area contributed by atoms with E-state index in [4.69, 9.17) is 22.4 Å². The van der Waals surface area contributed by atoms with Crippen LogP contribution in [0.2, 0.25) is 5.02 Å². The van der Waals surface area contributed by atoms with E-state index in [0.29, 0.717) is 5.56 Å². The highest BCUT2D eigenvalue weighted by atomic mass is 35.5. The van der Waals surface area contributed by atoms with Gasteiger partial charge in [-0.1, -0.05) is 11.6 Å². The quantitative estimate of drug-likeness (QED) is 0.768. The van der Waals surface area contributed by atoms with Gasteiger partial charge in [-0.25, -0.2) is 4.39 Å². The zero-order valence-electron chi connectivity index (χ0n) is 7.22. The normalized spacial score (nSPS) is 15.5. The first kappa shape index (κ1) is 10.4. The zero-order valence-corrected chi connectivity index (χ0v) is 7.98. The van der Waals surface area contributed by atoms with Gasteiger partial charge >= 0.3 is 0 Å². The highest BCUT2D eigenvalue weighted by Crippen LogP contribution is 2.22. The molecule has 0 spiro atoms. The van der Waals surface area contributed by atoms with Crippen molar-refractivity contribution in [3.63, 3.8) is 0 Å². The molecule has 0 heterocycles. The number of nitrogens with two attached hydrogens (primary N) is 1. The molecule has 4 heteroatoms. The molecule has 0 fully saturated rings. The largest absolute Gasteiger partial charge is 0.394 e. The van der Waals surface area contributed by atoms with Crippen LogP contribution in [0.15, 0.2) is 18.2 Å². The Kier molecular flexibility index (Phi) is 2.91. The second-order valence-corrected chi connectivity index (χ2v) is 3.67. The maximum absolute atomic E-state index is 12.9. The van der Waals surface area contributed by atoms with E-state index < -0.39 is 11.4 Å². The van der Waals surface area contributed by atoms with Gasteiger partial charge in [0.05, 0.1) is 12.1 Å². The van der Waals surface area contributed by atoms with E-state index in [1.807, 2.05) is 0 Å². The SMILES string of the molecule is C[C@](N)(CO)c1cc(F)cc(Cl)c1. The van der Waals surface area contributed by atoms with Gasteiger partial charge in [0, 0.05) is 5.02 Å². The zero-order chi connectivity index (χ0) is 10.1. The average molecular weight is 204 g/mol. The molecule has 2 nitrogen and oxygen atoms in total. The molecule has 1 rings (SSSR count). The van der Waals surface area contributed by atoms with Crippen LogP contribution in [0.4, 0.5) is 4.39 Å². The molecule has 0 amide bonds. The Hall–Kier alpha value is -0.640. The van der Waals surface area contributed by atoms with Crippen molar-refractivity contribution >= 4 is 11.6 Å². The molecular formula is C9H11ClFNO. The molecule has 13 heavy (non-hydrogen) atoms. The summed E-state index contributed by atoms with van der Waals surface area (Å²) in [5.41, 5.74) is 5.23. The molecule has 72 valence electrons. The fourth-order valence-corrected chi connectivity index (χ4v) is 1.20. The van der Waals surface area contributed by atoms with Crippen LogP contribution < -0.4 is 5.73 Å². The van der Waals surface area contributed by atoms with E-state index in [9.17, 15) is 4.39 Å². The van der Waals surface area contributed by atoms with Crippen molar-refractivity contribution in [2.24, 2.45) is 5.73 Å². The molecule has 0 aromatic heterocycles. The second-order valence-electron chi connectivity index (χ2n) is 3.23. The Morgan fingerprint density at radius 2 is 2.15 bits per heavy atom. The van der Waals surface area contributed by atoms with Gasteiger partial charge in [-0.15, -0.1) is 0 Å². The highest BCUT2D eigenvalue weighted by molar-refractivity contribution is 6.30. The Labute approximate surface area is 81.1 Å². The first-order chi connectivity index (χ1) is 5.95. The van der Waals surface area contributed by atoms with Crippen molar-refractivity contribution < 1.29 is 9.50 Å². The summed E-state index contributed by atoms with van der Waals surface area (Å²) >= 11 is 5.64. The molecule has 0 bridgehead atoms. The van der Waals surface area contributed by atoms with E-state index in [1.165, 1.54) is 12.1 Å². The van der Waals surface area contributed by atoms with Crippen molar-refractivity contribution in [3.05, 3.63) is 34.6 Å². The molecule has 0 saturated heterocycles. The summed E-state index contributed by atoms with van der Waals surface area (Å²) < 4.78 is 12.9. The Morgan fingerprint density at radius 1 is 1.54 bits per heavy atom. The van der Waals surface area contributed by atoms with Crippen LogP contribution in [0.25, 0.3) is 0 Å². The van der Waals surface area contributed by atoms with Gasteiger partial charge in [0.2, 0.25) is 0 Å². The van der Waals surface area contributed by atoms with E-state index in [2.05, 4.69) is 0 Å². The summed E-state index contributed by atoms with van der Waals surface area (Å²) in [6.45, 7) is 1.35. The van der Waals surface area contributed by atoms with Crippen LogP contribution >= 0.6 is 11.6 Å². The van der Waals surface area contributed by atoms with Crippen LogP contribution in [-0.2, 0) is 5.54 Å². The molecule has 0 aliphatic heterocycles. The summed E-state index contributed by atoms with van der Waals surface area (Å²) in [7, 11) is 0. The fraction of sp³-hybridized carbons (Fsp3) is 0.333. The monoisotopic (exact) mass is 203 g/mol. The lowest BCUT2D eigenvalue weighted by Crippen LogP contribution is -2.37. The first-order valence-electron chi connectivity index (χ1n) is 3.82. The fourth-order valence-electron chi connectivity index (χ4n) is 0.975. The molecule has 0 saturated carbocycles. The van der Waals surface area contributed by atoms with E-state index >= 15 is 0 Å². The minimum atomic E-state index is -0.953. The smallest absolute Gasteiger partial charge is 0.125 e. The predicted molar refractivity (Wildman–Crippen MR) is 50.0 cm³/mol. The van der Waals surface area contributed by atoms with Gasteiger partial charge in [0.15, 0.2) is 0 Å². The third-order valence-electron chi connectivity index (χ3n) is 1.85. The first-order valence-corrected chi connectivity index (χ1v) is 4.20. The van der Waals surface area contributed by atoms with Gasteiger partial charge < -0.3 is 10.8 Å². The van der Waals surface area contributed by atoms with Gasteiger partial charge in [0.1, 0.15) is 5.82 Å². The summed E-state index contributed by atoms with van der Waals surface area (Å²) in [5, 5.41) is 9.22. The molecule has 0 aliphatic rings. The van der Waals surface area contributed by atoms with Gasteiger partial charge in [-0.2, -0.15) is 0 Å². The van der Waals surface area contributed by atoms with Crippen LogP contribution in [0.3, 0.4) is 0 Å². The Balaban J connectivity index is 3.15. The van der Waals surface area contributed by atoms with Crippen molar-refractivity contribution in [2.75, 3.05) is 6.61 Å². The predicted octanol–water partition coefficient (Wildman–Crippen LogP) is 1.65. The van der Waals surface area contributed by atoms with Gasteiger partial charge in [0.25, 0.3) is 0 Å². The van der Waals surface area contributed by atoms with E-state index in [1.54, 1.807) is 13.0 Å². The Morgan fingerprint density at radius 3 is 2.62 bits per heavy atom. The number of hydrogen-bond donors (Lipinski definition) is 2. The molecule has 0 unspecified atom stereocenters. The molecule has 1 aromatic rings. The van der Waals surface area contributed by atoms with Crippen LogP contribution in [-0.4, -0.2) is 11.7 Å². The third-order valence-corrected chi connectivity index (χ3v) is 2.07. The Bertz CT molecular complexity index is 294. The van der Waals surface area contributed by atoms with Crippen LogP contribution in [0, 0.1) is 5.82 Å². The molecular weight excluding hydrogens is 193 g/mol. The summed E-state index contributed by atoms with van der Waals surface area (Å²) in [6, 6.07) is 4.00. The number of halogens is 2. The minimum Gasteiger partial charge on any atom is -0.394 e. The standard InChI is InChI=1S/C9H11ClFNO/c1-9(12,5-13)6-2-7(10)4-8(11)3-6/h2-4,13H,5,12H2,1H3/t9-/m0/s1. The third kappa shape index (κ3) is 2.40. The van der Waals surface area contributed by atoms with Gasteiger partial charge in [-0.05, 0) is 30.7 Å². The molecule has 0 radical (unpaired) electrons. The van der Waals surface area contributed by atoms with Crippen LogP contribution in [0.5, 0.6) is 0 Å². The van der Waals surface area contributed by atoms with Crippen molar-refractivity contribution in [3.8, 4) is 0 Å². The molecule has 1 atom stereocenters. The average Bonchev–Trinajstić information content (AvgIpc) is 2.02. The lowest BCUT2D eigenvalue weighted by Gasteiger charge is -2.22. The summed E-state index contributed by atoms with van der Waals surface area (Å²) in [5.74, 6) is -0.451. The molecule has 1 aromatic carbocycles. The second kappa shape index (κ2) is 3.62.